The number of anilines is 1. The van der Waals surface area contributed by atoms with E-state index in [0.717, 1.165) is 44.2 Å². The Morgan fingerprint density at radius 2 is 2.04 bits per heavy atom. The van der Waals surface area contributed by atoms with Gasteiger partial charge in [-0.05, 0) is 25.0 Å². The van der Waals surface area contributed by atoms with Crippen LogP contribution >= 0.6 is 0 Å². The van der Waals surface area contributed by atoms with Crippen molar-refractivity contribution in [2.45, 2.75) is 33.7 Å². The average Bonchev–Trinajstić information content (AvgIpc) is 3.09. The maximum Gasteiger partial charge on any atom is 0.339 e. The van der Waals surface area contributed by atoms with Crippen molar-refractivity contribution < 1.29 is 14.1 Å². The van der Waals surface area contributed by atoms with Crippen molar-refractivity contribution in [1.82, 2.24) is 20.0 Å². The van der Waals surface area contributed by atoms with Gasteiger partial charge in [0.05, 0.1) is 18.7 Å². The Morgan fingerprint density at radius 3 is 2.67 bits per heavy atom. The van der Waals surface area contributed by atoms with Crippen LogP contribution in [0.4, 0.5) is 5.82 Å². The molecule has 1 saturated heterocycles. The lowest BCUT2D eigenvalue weighted by molar-refractivity contribution is 0.0526. The van der Waals surface area contributed by atoms with Crippen molar-refractivity contribution in [2.24, 2.45) is 5.92 Å². The number of carbonyl (C=O) groups is 1. The Morgan fingerprint density at radius 1 is 1.26 bits per heavy atom. The minimum Gasteiger partial charge on any atom is -0.462 e. The Labute approximate surface area is 159 Å². The number of aromatic nitrogens is 3. The molecule has 0 unspecified atom stereocenters. The number of pyridine rings is 1. The highest BCUT2D eigenvalue weighted by atomic mass is 16.5. The van der Waals surface area contributed by atoms with E-state index in [1.165, 1.54) is 0 Å². The predicted octanol–water partition coefficient (Wildman–Crippen LogP) is 2.16. The monoisotopic (exact) mass is 373 g/mol. The van der Waals surface area contributed by atoms with Crippen molar-refractivity contribution >= 4 is 11.8 Å². The summed E-state index contributed by atoms with van der Waals surface area (Å²) in [6, 6.07) is 3.64. The van der Waals surface area contributed by atoms with E-state index < -0.39 is 0 Å². The Kier molecular flexibility index (Phi) is 6.39. The molecule has 146 valence electrons. The number of ether oxygens (including phenoxy) is 1. The maximum absolute atomic E-state index is 11.7. The summed E-state index contributed by atoms with van der Waals surface area (Å²) in [6.07, 6.45) is 2.39. The fraction of sp³-hybridized carbons (Fsp3) is 0.579. The first-order valence-corrected chi connectivity index (χ1v) is 9.47. The van der Waals surface area contributed by atoms with Crippen molar-refractivity contribution in [2.75, 3.05) is 37.7 Å². The average molecular weight is 373 g/mol. The van der Waals surface area contributed by atoms with E-state index >= 15 is 0 Å². The van der Waals surface area contributed by atoms with Crippen molar-refractivity contribution in [1.29, 1.82) is 0 Å². The van der Waals surface area contributed by atoms with Crippen LogP contribution in [0.2, 0.25) is 0 Å². The molecule has 1 aliphatic rings. The van der Waals surface area contributed by atoms with Crippen LogP contribution in [0.1, 0.15) is 42.8 Å². The quantitative estimate of drug-likeness (QED) is 0.683. The Bertz CT molecular complexity index is 736. The van der Waals surface area contributed by atoms with Crippen LogP contribution in [0.3, 0.4) is 0 Å². The van der Waals surface area contributed by atoms with E-state index in [1.807, 2.05) is 6.07 Å². The maximum atomic E-state index is 11.7. The zero-order chi connectivity index (χ0) is 19.2. The van der Waals surface area contributed by atoms with Gasteiger partial charge in [-0.25, -0.2) is 9.78 Å². The predicted molar refractivity (Wildman–Crippen MR) is 101 cm³/mol. The molecule has 2 aromatic rings. The third-order valence-electron chi connectivity index (χ3n) is 4.41. The molecule has 0 saturated carbocycles. The van der Waals surface area contributed by atoms with E-state index in [9.17, 15) is 4.79 Å². The number of esters is 1. The zero-order valence-corrected chi connectivity index (χ0v) is 16.2. The summed E-state index contributed by atoms with van der Waals surface area (Å²) in [5.74, 6) is 2.50. The van der Waals surface area contributed by atoms with Gasteiger partial charge in [-0.2, -0.15) is 4.98 Å². The van der Waals surface area contributed by atoms with Gasteiger partial charge in [0, 0.05) is 38.8 Å². The molecule has 8 nitrogen and oxygen atoms in total. The summed E-state index contributed by atoms with van der Waals surface area (Å²) in [5, 5.41) is 4.08. The number of piperazine rings is 1. The molecule has 27 heavy (non-hydrogen) atoms. The summed E-state index contributed by atoms with van der Waals surface area (Å²) < 4.78 is 10.3. The molecular formula is C19H27N5O3. The third-order valence-corrected chi connectivity index (χ3v) is 4.41. The van der Waals surface area contributed by atoms with Gasteiger partial charge in [0.15, 0.2) is 5.82 Å². The van der Waals surface area contributed by atoms with Crippen LogP contribution < -0.4 is 4.90 Å². The van der Waals surface area contributed by atoms with Gasteiger partial charge >= 0.3 is 5.97 Å². The summed E-state index contributed by atoms with van der Waals surface area (Å²) >= 11 is 0. The molecule has 0 amide bonds. The summed E-state index contributed by atoms with van der Waals surface area (Å²) in [6.45, 7) is 10.6. The lowest BCUT2D eigenvalue weighted by Crippen LogP contribution is -2.46. The lowest BCUT2D eigenvalue weighted by Gasteiger charge is -2.34. The smallest absolute Gasteiger partial charge is 0.339 e. The molecule has 3 heterocycles. The third kappa shape index (κ3) is 5.26. The van der Waals surface area contributed by atoms with Crippen LogP contribution in [-0.2, 0) is 17.7 Å². The molecule has 3 rings (SSSR count). The fourth-order valence-electron chi connectivity index (χ4n) is 3.03. The highest BCUT2D eigenvalue weighted by molar-refractivity contribution is 5.89. The van der Waals surface area contributed by atoms with E-state index in [-0.39, 0.29) is 5.97 Å². The molecule has 8 heteroatoms. The largest absolute Gasteiger partial charge is 0.462 e. The Balaban J connectivity index is 1.50. The summed E-state index contributed by atoms with van der Waals surface area (Å²) in [5.41, 5.74) is 0.480. The Hall–Kier alpha value is -2.48. The number of carbonyl (C=O) groups excluding carboxylic acids is 1. The first-order valence-electron chi connectivity index (χ1n) is 9.47. The minimum absolute atomic E-state index is 0.335. The molecule has 1 aliphatic heterocycles. The van der Waals surface area contributed by atoms with E-state index in [2.05, 4.69) is 38.8 Å². The van der Waals surface area contributed by atoms with Gasteiger partial charge in [-0.15, -0.1) is 0 Å². The number of hydrogen-bond donors (Lipinski definition) is 0. The first kappa shape index (κ1) is 19.3. The second kappa shape index (κ2) is 8.94. The molecule has 0 atom stereocenters. The second-order valence-electron chi connectivity index (χ2n) is 7.09. The van der Waals surface area contributed by atoms with Gasteiger partial charge in [0.2, 0.25) is 5.89 Å². The lowest BCUT2D eigenvalue weighted by atomic mass is 10.1. The van der Waals surface area contributed by atoms with Crippen LogP contribution in [0.25, 0.3) is 0 Å². The molecule has 0 spiro atoms. The molecule has 1 fully saturated rings. The summed E-state index contributed by atoms with van der Waals surface area (Å²) in [7, 11) is 0. The molecule has 2 aromatic heterocycles. The number of hydrogen-bond acceptors (Lipinski definition) is 8. The molecule has 0 aliphatic carbocycles. The number of rotatable bonds is 7. The van der Waals surface area contributed by atoms with E-state index in [4.69, 9.17) is 9.26 Å². The SMILES string of the molecule is CCOC(=O)c1ccc(N2CCN(Cc3noc(CC(C)C)n3)CC2)nc1. The van der Waals surface area contributed by atoms with Crippen LogP contribution in [0.5, 0.6) is 0 Å². The topological polar surface area (TPSA) is 84.6 Å². The van der Waals surface area contributed by atoms with Gasteiger partial charge in [-0.1, -0.05) is 19.0 Å². The minimum atomic E-state index is -0.335. The van der Waals surface area contributed by atoms with Crippen LogP contribution in [0, 0.1) is 5.92 Å². The van der Waals surface area contributed by atoms with Crippen molar-refractivity contribution in [3.05, 3.63) is 35.6 Å². The molecule has 0 aromatic carbocycles. The van der Waals surface area contributed by atoms with E-state index in [0.29, 0.717) is 30.5 Å². The van der Waals surface area contributed by atoms with Gasteiger partial charge in [-0.3, -0.25) is 4.90 Å². The molecule has 0 bridgehead atoms. The fourth-order valence-corrected chi connectivity index (χ4v) is 3.03. The normalized spacial score (nSPS) is 15.3. The highest BCUT2D eigenvalue weighted by Gasteiger charge is 2.20. The standard InChI is InChI=1S/C19H27N5O3/c1-4-26-19(25)15-5-6-17(20-12-15)24-9-7-23(8-10-24)13-16-21-18(27-22-16)11-14(2)3/h5-6,12,14H,4,7-11,13H2,1-3H3. The van der Waals surface area contributed by atoms with Gasteiger partial charge in [0.25, 0.3) is 0 Å². The van der Waals surface area contributed by atoms with Gasteiger partial charge < -0.3 is 14.2 Å². The number of nitrogens with zero attached hydrogens (tertiary/aromatic N) is 5. The molecular weight excluding hydrogens is 346 g/mol. The first-order chi connectivity index (χ1) is 13.0. The summed E-state index contributed by atoms with van der Waals surface area (Å²) in [4.78, 5) is 25.1. The van der Waals surface area contributed by atoms with Crippen molar-refractivity contribution in [3.63, 3.8) is 0 Å². The van der Waals surface area contributed by atoms with Crippen LogP contribution in [0.15, 0.2) is 22.9 Å². The van der Waals surface area contributed by atoms with Crippen molar-refractivity contribution in [3.8, 4) is 0 Å². The van der Waals surface area contributed by atoms with Crippen LogP contribution in [-0.4, -0.2) is 58.8 Å². The highest BCUT2D eigenvalue weighted by Crippen LogP contribution is 2.16. The second-order valence-corrected chi connectivity index (χ2v) is 7.09. The van der Waals surface area contributed by atoms with E-state index in [1.54, 1.807) is 19.2 Å². The zero-order valence-electron chi connectivity index (χ0n) is 16.2. The molecule has 0 radical (unpaired) electrons. The van der Waals surface area contributed by atoms with Gasteiger partial charge in [0.1, 0.15) is 5.82 Å². The molecule has 0 N–H and O–H groups in total.